The Morgan fingerprint density at radius 3 is 2.21 bits per heavy atom. The molecule has 0 saturated heterocycles. The zero-order valence-corrected chi connectivity index (χ0v) is 11.4. The van der Waals surface area contributed by atoms with Crippen LogP contribution >= 0.6 is 0 Å². The van der Waals surface area contributed by atoms with E-state index in [1.165, 1.54) is 26.4 Å². The Balaban J connectivity index is 3.36. The number of carbonyl (C=O) groups is 1. The lowest BCUT2D eigenvalue weighted by Gasteiger charge is -2.13. The van der Waals surface area contributed by atoms with Crippen LogP contribution < -0.4 is 14.6 Å². The predicted molar refractivity (Wildman–Crippen MR) is 66.9 cm³/mol. The van der Waals surface area contributed by atoms with E-state index in [9.17, 15) is 13.2 Å². The average Bonchev–Trinajstić information content (AvgIpc) is 2.33. The van der Waals surface area contributed by atoms with Gasteiger partial charge >= 0.3 is 5.97 Å². The van der Waals surface area contributed by atoms with E-state index in [0.717, 1.165) is 0 Å². The first-order chi connectivity index (χ1) is 8.79. The predicted octanol–water partition coefficient (Wildman–Crippen LogP) is 0.368. The van der Waals surface area contributed by atoms with Crippen LogP contribution in [0.4, 0.5) is 0 Å². The van der Waals surface area contributed by atoms with Crippen molar-refractivity contribution in [1.82, 2.24) is 0 Å². The number of carboxylic acid groups (broad SMARTS) is 1. The third kappa shape index (κ3) is 3.83. The van der Waals surface area contributed by atoms with Gasteiger partial charge in [0.2, 0.25) is 10.0 Å². The Morgan fingerprint density at radius 2 is 1.79 bits per heavy atom. The number of aryl methyl sites for hydroxylation is 1. The molecule has 0 radical (unpaired) electrons. The van der Waals surface area contributed by atoms with E-state index in [-0.39, 0.29) is 29.1 Å². The molecule has 7 nitrogen and oxygen atoms in total. The summed E-state index contributed by atoms with van der Waals surface area (Å²) in [5.41, 5.74) is 0.280. The van der Waals surface area contributed by atoms with Gasteiger partial charge in [-0.05, 0) is 18.1 Å². The van der Waals surface area contributed by atoms with Crippen LogP contribution in [0.25, 0.3) is 0 Å². The van der Waals surface area contributed by atoms with Crippen LogP contribution in [0.15, 0.2) is 17.0 Å². The van der Waals surface area contributed by atoms with E-state index in [0.29, 0.717) is 5.75 Å². The molecule has 0 atom stereocenters. The van der Waals surface area contributed by atoms with Gasteiger partial charge in [0.1, 0.15) is 0 Å². The molecule has 0 aliphatic rings. The third-order valence-electron chi connectivity index (χ3n) is 2.48. The van der Waals surface area contributed by atoms with Gasteiger partial charge in [-0.3, -0.25) is 4.79 Å². The fraction of sp³-hybridized carbons (Fsp3) is 0.364. The number of primary sulfonamides is 1. The molecule has 0 aliphatic heterocycles. The maximum atomic E-state index is 11.5. The van der Waals surface area contributed by atoms with Gasteiger partial charge in [0.05, 0.1) is 19.1 Å². The molecule has 0 bridgehead atoms. The van der Waals surface area contributed by atoms with Crippen molar-refractivity contribution >= 4 is 16.0 Å². The normalized spacial score (nSPS) is 11.1. The molecule has 8 heteroatoms. The lowest BCUT2D eigenvalue weighted by Crippen LogP contribution is -2.15. The summed E-state index contributed by atoms with van der Waals surface area (Å²) < 4.78 is 33.0. The molecule has 0 aromatic heterocycles. The number of rotatable bonds is 6. The third-order valence-corrected chi connectivity index (χ3v) is 3.47. The highest BCUT2D eigenvalue weighted by Crippen LogP contribution is 2.32. The Hall–Kier alpha value is -1.80. The molecular formula is C11H15NO6S. The zero-order valence-electron chi connectivity index (χ0n) is 10.5. The van der Waals surface area contributed by atoms with Crippen LogP contribution in [0.2, 0.25) is 0 Å². The molecule has 1 rings (SSSR count). The van der Waals surface area contributed by atoms with Crippen molar-refractivity contribution in [2.45, 2.75) is 17.7 Å². The molecule has 106 valence electrons. The summed E-state index contributed by atoms with van der Waals surface area (Å²) >= 11 is 0. The quantitative estimate of drug-likeness (QED) is 0.781. The standard InChI is InChI=1S/C11H15NO6S/c1-17-8-5-7(3-4-11(13)14)10(19(12,15)16)6-9(8)18-2/h5-6H,3-4H2,1-2H3,(H,13,14)(H2,12,15,16). The number of nitrogens with two attached hydrogens (primary N) is 1. The molecule has 0 unspecified atom stereocenters. The lowest BCUT2D eigenvalue weighted by molar-refractivity contribution is -0.136. The minimum atomic E-state index is -3.97. The summed E-state index contributed by atoms with van der Waals surface area (Å²) in [6, 6.07) is 2.65. The van der Waals surface area contributed by atoms with Gasteiger partial charge in [0.15, 0.2) is 11.5 Å². The van der Waals surface area contributed by atoms with Crippen LogP contribution in [0.5, 0.6) is 11.5 Å². The van der Waals surface area contributed by atoms with Gasteiger partial charge < -0.3 is 14.6 Å². The second-order valence-corrected chi connectivity index (χ2v) is 5.28. The number of aliphatic carboxylic acids is 1. The summed E-state index contributed by atoms with van der Waals surface area (Å²) in [5.74, 6) is -0.504. The second-order valence-electron chi connectivity index (χ2n) is 3.75. The highest BCUT2D eigenvalue weighted by molar-refractivity contribution is 7.89. The largest absolute Gasteiger partial charge is 0.493 e. The molecule has 0 spiro atoms. The molecule has 0 aliphatic carbocycles. The van der Waals surface area contributed by atoms with Crippen molar-refractivity contribution in [2.75, 3.05) is 14.2 Å². The van der Waals surface area contributed by atoms with E-state index < -0.39 is 16.0 Å². The number of benzene rings is 1. The van der Waals surface area contributed by atoms with Crippen LogP contribution in [-0.4, -0.2) is 33.7 Å². The molecular weight excluding hydrogens is 274 g/mol. The van der Waals surface area contributed by atoms with Gasteiger partial charge in [-0.2, -0.15) is 0 Å². The van der Waals surface area contributed by atoms with E-state index in [1.54, 1.807) is 0 Å². The first-order valence-electron chi connectivity index (χ1n) is 5.29. The fourth-order valence-electron chi connectivity index (χ4n) is 1.60. The minimum absolute atomic E-state index is 0.0292. The number of ether oxygens (including phenoxy) is 2. The summed E-state index contributed by atoms with van der Waals surface area (Å²) in [6.45, 7) is 0. The van der Waals surface area contributed by atoms with E-state index in [4.69, 9.17) is 19.7 Å². The highest BCUT2D eigenvalue weighted by atomic mass is 32.2. The average molecular weight is 289 g/mol. The molecule has 0 heterocycles. The van der Waals surface area contributed by atoms with Crippen molar-refractivity contribution in [2.24, 2.45) is 5.14 Å². The molecule has 3 N–H and O–H groups in total. The van der Waals surface area contributed by atoms with Gasteiger partial charge in [0.25, 0.3) is 0 Å². The van der Waals surface area contributed by atoms with E-state index in [1.807, 2.05) is 0 Å². The number of sulfonamides is 1. The summed E-state index contributed by atoms with van der Waals surface area (Å²) in [7, 11) is -1.21. The number of hydrogen-bond acceptors (Lipinski definition) is 5. The Morgan fingerprint density at radius 1 is 1.26 bits per heavy atom. The highest BCUT2D eigenvalue weighted by Gasteiger charge is 2.19. The van der Waals surface area contributed by atoms with E-state index in [2.05, 4.69) is 0 Å². The smallest absolute Gasteiger partial charge is 0.303 e. The zero-order chi connectivity index (χ0) is 14.6. The first-order valence-corrected chi connectivity index (χ1v) is 6.83. The van der Waals surface area contributed by atoms with Gasteiger partial charge in [-0.25, -0.2) is 13.6 Å². The monoisotopic (exact) mass is 289 g/mol. The van der Waals surface area contributed by atoms with Crippen molar-refractivity contribution in [3.63, 3.8) is 0 Å². The molecule has 0 amide bonds. The maximum absolute atomic E-state index is 11.5. The number of hydrogen-bond donors (Lipinski definition) is 2. The Kier molecular flexibility index (Phi) is 4.73. The van der Waals surface area contributed by atoms with Gasteiger partial charge in [0, 0.05) is 12.5 Å². The van der Waals surface area contributed by atoms with Crippen LogP contribution in [-0.2, 0) is 21.2 Å². The lowest BCUT2D eigenvalue weighted by atomic mass is 10.1. The Labute approximate surface area is 111 Å². The van der Waals surface area contributed by atoms with Crippen LogP contribution in [0.1, 0.15) is 12.0 Å². The molecule has 0 fully saturated rings. The topological polar surface area (TPSA) is 116 Å². The maximum Gasteiger partial charge on any atom is 0.303 e. The van der Waals surface area contributed by atoms with Crippen LogP contribution in [0, 0.1) is 0 Å². The van der Waals surface area contributed by atoms with Crippen molar-refractivity contribution in [1.29, 1.82) is 0 Å². The van der Waals surface area contributed by atoms with Crippen molar-refractivity contribution in [3.8, 4) is 11.5 Å². The summed E-state index contributed by atoms with van der Waals surface area (Å²) in [5, 5.41) is 13.8. The molecule has 0 saturated carbocycles. The van der Waals surface area contributed by atoms with Gasteiger partial charge in [-0.15, -0.1) is 0 Å². The Bertz CT molecular complexity index is 581. The SMILES string of the molecule is COc1cc(CCC(=O)O)c(S(N)(=O)=O)cc1OC. The minimum Gasteiger partial charge on any atom is -0.493 e. The van der Waals surface area contributed by atoms with E-state index >= 15 is 0 Å². The fourth-order valence-corrected chi connectivity index (χ4v) is 2.40. The van der Waals surface area contributed by atoms with Crippen LogP contribution in [0.3, 0.4) is 0 Å². The molecule has 1 aromatic rings. The summed E-state index contributed by atoms with van der Waals surface area (Å²) in [6.07, 6.45) is -0.181. The summed E-state index contributed by atoms with van der Waals surface area (Å²) in [4.78, 5) is 10.4. The number of carboxylic acids is 1. The second kappa shape index (κ2) is 5.89. The van der Waals surface area contributed by atoms with Crippen molar-refractivity contribution < 1.29 is 27.8 Å². The van der Waals surface area contributed by atoms with Crippen molar-refractivity contribution in [3.05, 3.63) is 17.7 Å². The molecule has 1 aromatic carbocycles. The van der Waals surface area contributed by atoms with Gasteiger partial charge in [-0.1, -0.05) is 0 Å². The molecule has 19 heavy (non-hydrogen) atoms. The first kappa shape index (κ1) is 15.3. The number of methoxy groups -OCH3 is 2.